The van der Waals surface area contributed by atoms with Gasteiger partial charge in [-0.2, -0.15) is 0 Å². The summed E-state index contributed by atoms with van der Waals surface area (Å²) in [6.07, 6.45) is 0.467. The van der Waals surface area contributed by atoms with Gasteiger partial charge in [-0.05, 0) is 27.2 Å². The molecule has 2 N–H and O–H groups in total. The number of hydrogen-bond donors (Lipinski definition) is 2. The summed E-state index contributed by atoms with van der Waals surface area (Å²) in [4.78, 5) is 24.6. The van der Waals surface area contributed by atoms with Gasteiger partial charge < -0.3 is 15.3 Å². The first kappa shape index (κ1) is 16.5. The van der Waals surface area contributed by atoms with Crippen LogP contribution in [0.15, 0.2) is 12.2 Å². The molecule has 0 saturated heterocycles. The number of amides is 2. The average Bonchev–Trinajstić information content (AvgIpc) is 2.31. The highest BCUT2D eigenvalue weighted by molar-refractivity contribution is 5.78. The van der Waals surface area contributed by atoms with E-state index in [1.54, 1.807) is 18.7 Å². The zero-order chi connectivity index (χ0) is 14.3. The van der Waals surface area contributed by atoms with Gasteiger partial charge in [0.1, 0.15) is 0 Å². The molecule has 5 heteroatoms. The van der Waals surface area contributed by atoms with Gasteiger partial charge in [0.25, 0.3) is 0 Å². The molecule has 1 atom stereocenters. The van der Waals surface area contributed by atoms with Crippen LogP contribution in [0.3, 0.4) is 0 Å². The summed E-state index contributed by atoms with van der Waals surface area (Å²) < 4.78 is 0. The Kier molecular flexibility index (Phi) is 6.44. The van der Waals surface area contributed by atoms with Crippen molar-refractivity contribution >= 4 is 12.0 Å². The van der Waals surface area contributed by atoms with E-state index in [2.05, 4.69) is 11.9 Å². The van der Waals surface area contributed by atoms with Crippen molar-refractivity contribution in [1.82, 2.24) is 10.2 Å². The molecule has 0 saturated carbocycles. The second kappa shape index (κ2) is 7.03. The molecule has 0 aromatic carbocycles. The predicted octanol–water partition coefficient (Wildman–Crippen LogP) is 2.09. The van der Waals surface area contributed by atoms with E-state index in [-0.39, 0.29) is 12.6 Å². The molecule has 2 amide bonds. The first-order chi connectivity index (χ1) is 8.26. The molecule has 0 fully saturated rings. The van der Waals surface area contributed by atoms with Gasteiger partial charge in [0.15, 0.2) is 0 Å². The van der Waals surface area contributed by atoms with Crippen LogP contribution in [0, 0.1) is 5.41 Å². The summed E-state index contributed by atoms with van der Waals surface area (Å²) in [5.41, 5.74) is -0.0262. The zero-order valence-corrected chi connectivity index (χ0v) is 11.7. The molecule has 0 radical (unpaired) electrons. The molecular formula is C13H24N2O3. The van der Waals surface area contributed by atoms with Crippen molar-refractivity contribution in [3.05, 3.63) is 12.2 Å². The van der Waals surface area contributed by atoms with E-state index in [0.29, 0.717) is 19.5 Å². The van der Waals surface area contributed by atoms with Gasteiger partial charge in [0.2, 0.25) is 0 Å². The maximum absolute atomic E-state index is 11.9. The van der Waals surface area contributed by atoms with Crippen LogP contribution in [0.25, 0.3) is 0 Å². The van der Waals surface area contributed by atoms with Crippen LogP contribution in [-0.2, 0) is 4.79 Å². The highest BCUT2D eigenvalue weighted by Gasteiger charge is 2.31. The standard InChI is InChI=1S/C13H24N2O3/c1-6-13(5,11(16)17)9-14-12(18)15(7-2)8-10(3)4/h3,6-9H2,1-2,4-5H3,(H,14,18)(H,16,17). The van der Waals surface area contributed by atoms with Crippen LogP contribution < -0.4 is 5.32 Å². The van der Waals surface area contributed by atoms with E-state index in [0.717, 1.165) is 5.57 Å². The Morgan fingerprint density at radius 3 is 2.28 bits per heavy atom. The second-order valence-corrected chi connectivity index (χ2v) is 4.85. The summed E-state index contributed by atoms with van der Waals surface area (Å²) in [5, 5.41) is 11.8. The van der Waals surface area contributed by atoms with E-state index >= 15 is 0 Å². The number of rotatable bonds is 7. The van der Waals surface area contributed by atoms with Crippen molar-refractivity contribution in [3.8, 4) is 0 Å². The van der Waals surface area contributed by atoms with Gasteiger partial charge in [0, 0.05) is 19.6 Å². The van der Waals surface area contributed by atoms with Gasteiger partial charge >= 0.3 is 12.0 Å². The first-order valence-corrected chi connectivity index (χ1v) is 6.17. The van der Waals surface area contributed by atoms with Crippen molar-refractivity contribution in [1.29, 1.82) is 0 Å². The summed E-state index contributed by atoms with van der Waals surface area (Å²) >= 11 is 0. The van der Waals surface area contributed by atoms with Crippen LogP contribution >= 0.6 is 0 Å². The number of nitrogens with one attached hydrogen (secondary N) is 1. The highest BCUT2D eigenvalue weighted by Crippen LogP contribution is 2.19. The van der Waals surface area contributed by atoms with Crippen molar-refractivity contribution in [3.63, 3.8) is 0 Å². The van der Waals surface area contributed by atoms with Crippen LogP contribution in [0.5, 0.6) is 0 Å². The fraction of sp³-hybridized carbons (Fsp3) is 0.692. The molecule has 0 heterocycles. The maximum Gasteiger partial charge on any atom is 0.317 e. The third-order valence-corrected chi connectivity index (χ3v) is 3.06. The van der Waals surface area contributed by atoms with Crippen LogP contribution in [-0.4, -0.2) is 41.6 Å². The Morgan fingerprint density at radius 2 is 1.94 bits per heavy atom. The molecular weight excluding hydrogens is 232 g/mol. The molecule has 0 aromatic rings. The van der Waals surface area contributed by atoms with E-state index in [1.165, 1.54) is 0 Å². The van der Waals surface area contributed by atoms with Crippen molar-refractivity contribution in [2.24, 2.45) is 5.41 Å². The largest absolute Gasteiger partial charge is 0.481 e. The third-order valence-electron chi connectivity index (χ3n) is 3.06. The minimum absolute atomic E-state index is 0.129. The highest BCUT2D eigenvalue weighted by atomic mass is 16.4. The van der Waals surface area contributed by atoms with Gasteiger partial charge in [-0.1, -0.05) is 19.1 Å². The number of likely N-dealkylation sites (N-methyl/N-ethyl adjacent to an activating group) is 1. The number of nitrogens with zero attached hydrogens (tertiary/aromatic N) is 1. The van der Waals surface area contributed by atoms with Gasteiger partial charge in [0.05, 0.1) is 5.41 Å². The number of urea groups is 1. The summed E-state index contributed by atoms with van der Waals surface area (Å²) in [6, 6.07) is -0.249. The topological polar surface area (TPSA) is 69.6 Å². The second-order valence-electron chi connectivity index (χ2n) is 4.85. The molecule has 104 valence electrons. The van der Waals surface area contributed by atoms with Crippen LogP contribution in [0.1, 0.15) is 34.1 Å². The van der Waals surface area contributed by atoms with E-state index in [4.69, 9.17) is 5.11 Å². The summed E-state index contributed by atoms with van der Waals surface area (Å²) in [6.45, 7) is 12.1. The monoisotopic (exact) mass is 256 g/mol. The van der Waals surface area contributed by atoms with Crippen LogP contribution in [0.4, 0.5) is 4.79 Å². The van der Waals surface area contributed by atoms with Gasteiger partial charge in [-0.15, -0.1) is 0 Å². The van der Waals surface area contributed by atoms with Gasteiger partial charge in [-0.25, -0.2) is 4.79 Å². The Labute approximate surface area is 109 Å². The van der Waals surface area contributed by atoms with Crippen LogP contribution in [0.2, 0.25) is 0 Å². The number of aliphatic carboxylic acids is 1. The van der Waals surface area contributed by atoms with Crippen molar-refractivity contribution in [2.45, 2.75) is 34.1 Å². The fourth-order valence-electron chi connectivity index (χ4n) is 1.39. The first-order valence-electron chi connectivity index (χ1n) is 6.17. The molecule has 5 nitrogen and oxygen atoms in total. The molecule has 0 aromatic heterocycles. The third kappa shape index (κ3) is 4.77. The Morgan fingerprint density at radius 1 is 1.39 bits per heavy atom. The summed E-state index contributed by atoms with van der Waals surface area (Å²) in [7, 11) is 0. The van der Waals surface area contributed by atoms with E-state index < -0.39 is 11.4 Å². The molecule has 0 aliphatic carbocycles. The Balaban J connectivity index is 4.47. The number of hydrogen-bond acceptors (Lipinski definition) is 2. The Bertz CT molecular complexity index is 328. The molecule has 1 unspecified atom stereocenters. The molecule has 0 spiro atoms. The minimum Gasteiger partial charge on any atom is -0.481 e. The average molecular weight is 256 g/mol. The lowest BCUT2D eigenvalue weighted by atomic mass is 9.88. The molecule has 0 rings (SSSR count). The number of carbonyl (C=O) groups is 2. The quantitative estimate of drug-likeness (QED) is 0.685. The zero-order valence-electron chi connectivity index (χ0n) is 11.7. The number of carboxylic acids is 1. The van der Waals surface area contributed by atoms with E-state index in [1.807, 2.05) is 13.8 Å². The van der Waals surface area contributed by atoms with Crippen molar-refractivity contribution < 1.29 is 14.7 Å². The van der Waals surface area contributed by atoms with E-state index in [9.17, 15) is 9.59 Å². The maximum atomic E-state index is 11.9. The van der Waals surface area contributed by atoms with Crippen molar-refractivity contribution in [2.75, 3.05) is 19.6 Å². The van der Waals surface area contributed by atoms with Gasteiger partial charge in [-0.3, -0.25) is 4.79 Å². The lowest BCUT2D eigenvalue weighted by Gasteiger charge is -2.26. The molecule has 0 aliphatic rings. The minimum atomic E-state index is -0.918. The number of carbonyl (C=O) groups excluding carboxylic acids is 1. The summed E-state index contributed by atoms with van der Waals surface area (Å²) in [5.74, 6) is -0.895. The normalized spacial score (nSPS) is 13.6. The lowest BCUT2D eigenvalue weighted by molar-refractivity contribution is -0.147. The number of carboxylic acid groups (broad SMARTS) is 1. The molecule has 18 heavy (non-hydrogen) atoms. The lowest BCUT2D eigenvalue weighted by Crippen LogP contribution is -2.46. The Hall–Kier alpha value is -1.52. The smallest absolute Gasteiger partial charge is 0.317 e. The molecule has 0 aliphatic heterocycles. The fourth-order valence-corrected chi connectivity index (χ4v) is 1.39. The SMILES string of the molecule is C=C(C)CN(CC)C(=O)NCC(C)(CC)C(=O)O. The predicted molar refractivity (Wildman–Crippen MR) is 71.5 cm³/mol. The molecule has 0 bridgehead atoms.